The monoisotopic (exact) mass is 351 g/mol. The van der Waals surface area contributed by atoms with Crippen LogP contribution >= 0.6 is 27.3 Å². The highest BCUT2D eigenvalue weighted by Crippen LogP contribution is 2.29. The van der Waals surface area contributed by atoms with Crippen molar-refractivity contribution in [2.24, 2.45) is 5.92 Å². The summed E-state index contributed by atoms with van der Waals surface area (Å²) in [5.41, 5.74) is 0. The fraction of sp³-hybridized carbons (Fsp3) is 0.667. The molecule has 1 aromatic rings. The van der Waals surface area contributed by atoms with Gasteiger partial charge in [-0.15, -0.1) is 11.3 Å². The molecule has 18 heavy (non-hydrogen) atoms. The molecule has 0 aliphatic carbocycles. The van der Waals surface area contributed by atoms with E-state index in [-0.39, 0.29) is 12.0 Å². The molecule has 3 nitrogen and oxygen atoms in total. The smallest absolute Gasteiger partial charge is 0.150 e. The lowest BCUT2D eigenvalue weighted by atomic mass is 9.95. The molecule has 1 fully saturated rings. The van der Waals surface area contributed by atoms with E-state index in [0.29, 0.717) is 11.5 Å². The second kappa shape index (κ2) is 6.03. The molecule has 0 bridgehead atoms. The van der Waals surface area contributed by atoms with Gasteiger partial charge in [0.2, 0.25) is 0 Å². The largest absolute Gasteiger partial charge is 0.314 e. The third-order valence-electron chi connectivity index (χ3n) is 3.40. The van der Waals surface area contributed by atoms with Crippen LogP contribution in [0.5, 0.6) is 0 Å². The van der Waals surface area contributed by atoms with E-state index in [1.165, 1.54) is 4.88 Å². The van der Waals surface area contributed by atoms with Gasteiger partial charge in [-0.05, 0) is 52.7 Å². The number of hydrogen-bond donors (Lipinski definition) is 1. The molecule has 1 saturated heterocycles. The average molecular weight is 352 g/mol. The van der Waals surface area contributed by atoms with Crippen LogP contribution in [0, 0.1) is 5.92 Å². The Hall–Kier alpha value is 0.0900. The van der Waals surface area contributed by atoms with Crippen molar-refractivity contribution in [3.8, 4) is 0 Å². The van der Waals surface area contributed by atoms with Gasteiger partial charge in [-0.3, -0.25) is 0 Å². The highest BCUT2D eigenvalue weighted by Gasteiger charge is 2.33. The Kier molecular flexibility index (Phi) is 4.86. The van der Waals surface area contributed by atoms with Crippen LogP contribution in [0.4, 0.5) is 0 Å². The van der Waals surface area contributed by atoms with E-state index in [0.717, 1.165) is 23.9 Å². The van der Waals surface area contributed by atoms with E-state index in [4.69, 9.17) is 0 Å². The van der Waals surface area contributed by atoms with E-state index in [2.05, 4.69) is 33.6 Å². The minimum Gasteiger partial charge on any atom is -0.314 e. The van der Waals surface area contributed by atoms with Crippen LogP contribution in [0.15, 0.2) is 15.9 Å². The van der Waals surface area contributed by atoms with E-state index >= 15 is 0 Å². The van der Waals surface area contributed by atoms with Crippen LogP contribution in [0.1, 0.15) is 18.2 Å². The zero-order chi connectivity index (χ0) is 13.2. The predicted octanol–water partition coefficient (Wildman–Crippen LogP) is 2.47. The molecule has 0 radical (unpaired) electrons. The molecule has 0 saturated carbocycles. The third-order valence-corrected chi connectivity index (χ3v) is 7.14. The first-order chi connectivity index (χ1) is 8.52. The third kappa shape index (κ3) is 3.56. The molecule has 1 aliphatic rings. The molecule has 0 amide bonds. The van der Waals surface area contributed by atoms with E-state index in [9.17, 15) is 8.42 Å². The van der Waals surface area contributed by atoms with Crippen molar-refractivity contribution in [2.45, 2.75) is 25.8 Å². The minimum absolute atomic E-state index is 0.254. The lowest BCUT2D eigenvalue weighted by Gasteiger charge is -2.23. The molecule has 6 heteroatoms. The van der Waals surface area contributed by atoms with E-state index in [1.54, 1.807) is 11.3 Å². The summed E-state index contributed by atoms with van der Waals surface area (Å²) in [6.45, 7) is 2.95. The molecular weight excluding hydrogens is 334 g/mol. The molecular formula is C12H18BrNO2S2. The molecule has 1 aliphatic heterocycles. The number of nitrogens with one attached hydrogen (secondary N) is 1. The standard InChI is InChI=1S/C12H18BrNO2S2/c1-2-14-11(7-12-10(13)3-5-17-12)9-4-6-18(15,16)8-9/h3,5,9,11,14H,2,4,6-8H2,1H3. The summed E-state index contributed by atoms with van der Waals surface area (Å²) in [7, 11) is -2.80. The first-order valence-electron chi connectivity index (χ1n) is 6.17. The number of hydrogen-bond acceptors (Lipinski definition) is 4. The molecule has 0 spiro atoms. The summed E-state index contributed by atoms with van der Waals surface area (Å²) in [4.78, 5) is 1.30. The van der Waals surface area contributed by atoms with Crippen molar-refractivity contribution < 1.29 is 8.42 Å². The maximum absolute atomic E-state index is 11.6. The number of halogens is 1. The number of likely N-dealkylation sites (N-methyl/N-ethyl adjacent to an activating group) is 1. The number of thiophene rings is 1. The van der Waals surface area contributed by atoms with Crippen molar-refractivity contribution >= 4 is 37.1 Å². The summed E-state index contributed by atoms with van der Waals surface area (Å²) in [6.07, 6.45) is 1.70. The van der Waals surface area contributed by atoms with Crippen LogP contribution in [0.3, 0.4) is 0 Å². The zero-order valence-corrected chi connectivity index (χ0v) is 13.6. The first kappa shape index (κ1) is 14.5. The maximum Gasteiger partial charge on any atom is 0.150 e. The Morgan fingerprint density at radius 2 is 2.39 bits per heavy atom. The Morgan fingerprint density at radius 3 is 2.89 bits per heavy atom. The molecule has 2 unspecified atom stereocenters. The van der Waals surface area contributed by atoms with Crippen LogP contribution in [-0.4, -0.2) is 32.5 Å². The Morgan fingerprint density at radius 1 is 1.61 bits per heavy atom. The highest BCUT2D eigenvalue weighted by molar-refractivity contribution is 9.10. The summed E-state index contributed by atoms with van der Waals surface area (Å²) in [5.74, 6) is 0.947. The Balaban J connectivity index is 2.07. The van der Waals surface area contributed by atoms with Gasteiger partial charge in [0.25, 0.3) is 0 Å². The lowest BCUT2D eigenvalue weighted by molar-refractivity contribution is 0.387. The van der Waals surface area contributed by atoms with Crippen molar-refractivity contribution in [1.82, 2.24) is 5.32 Å². The van der Waals surface area contributed by atoms with Gasteiger partial charge in [0.15, 0.2) is 9.84 Å². The van der Waals surface area contributed by atoms with Crippen molar-refractivity contribution in [3.05, 3.63) is 20.8 Å². The van der Waals surface area contributed by atoms with Gasteiger partial charge in [-0.2, -0.15) is 0 Å². The van der Waals surface area contributed by atoms with Gasteiger partial charge >= 0.3 is 0 Å². The molecule has 2 atom stereocenters. The fourth-order valence-electron chi connectivity index (χ4n) is 2.48. The Bertz CT molecular complexity index is 498. The normalized spacial score (nSPS) is 24.2. The summed E-state index contributed by atoms with van der Waals surface area (Å²) in [6, 6.07) is 2.32. The second-order valence-electron chi connectivity index (χ2n) is 4.72. The van der Waals surface area contributed by atoms with E-state index < -0.39 is 9.84 Å². The molecule has 1 N–H and O–H groups in total. The summed E-state index contributed by atoms with van der Waals surface area (Å²) < 4.78 is 24.3. The lowest BCUT2D eigenvalue weighted by Crippen LogP contribution is -2.38. The van der Waals surface area contributed by atoms with Gasteiger partial charge in [-0.25, -0.2) is 8.42 Å². The molecule has 102 valence electrons. The van der Waals surface area contributed by atoms with Crippen LogP contribution in [0.25, 0.3) is 0 Å². The summed E-state index contributed by atoms with van der Waals surface area (Å²) >= 11 is 5.27. The maximum atomic E-state index is 11.6. The van der Waals surface area contributed by atoms with Crippen LogP contribution in [-0.2, 0) is 16.3 Å². The van der Waals surface area contributed by atoms with Crippen LogP contribution in [0.2, 0.25) is 0 Å². The van der Waals surface area contributed by atoms with Crippen molar-refractivity contribution in [1.29, 1.82) is 0 Å². The van der Waals surface area contributed by atoms with Gasteiger partial charge in [0.1, 0.15) is 0 Å². The number of rotatable bonds is 5. The van der Waals surface area contributed by atoms with Crippen molar-refractivity contribution in [2.75, 3.05) is 18.1 Å². The molecule has 1 aromatic heterocycles. The van der Waals surface area contributed by atoms with Gasteiger partial charge < -0.3 is 5.32 Å². The summed E-state index contributed by atoms with van der Waals surface area (Å²) in [5, 5.41) is 5.51. The van der Waals surface area contributed by atoms with Gasteiger partial charge in [-0.1, -0.05) is 6.92 Å². The highest BCUT2D eigenvalue weighted by atomic mass is 79.9. The number of sulfone groups is 1. The van der Waals surface area contributed by atoms with Crippen molar-refractivity contribution in [3.63, 3.8) is 0 Å². The average Bonchev–Trinajstić information content (AvgIpc) is 2.85. The second-order valence-corrected chi connectivity index (χ2v) is 8.81. The van der Waals surface area contributed by atoms with Gasteiger partial charge in [0, 0.05) is 15.4 Å². The molecule has 2 heterocycles. The first-order valence-corrected chi connectivity index (χ1v) is 9.67. The van der Waals surface area contributed by atoms with E-state index in [1.807, 2.05) is 6.07 Å². The predicted molar refractivity (Wildman–Crippen MR) is 79.9 cm³/mol. The zero-order valence-electron chi connectivity index (χ0n) is 10.4. The quantitative estimate of drug-likeness (QED) is 0.886. The molecule has 0 aromatic carbocycles. The fourth-order valence-corrected chi connectivity index (χ4v) is 5.93. The topological polar surface area (TPSA) is 46.2 Å². The SMILES string of the molecule is CCNC(Cc1sccc1Br)C1CCS(=O)(=O)C1. The minimum atomic E-state index is -2.80. The van der Waals surface area contributed by atoms with Crippen LogP contribution < -0.4 is 5.32 Å². The van der Waals surface area contributed by atoms with Gasteiger partial charge in [0.05, 0.1) is 11.5 Å². The molecule has 2 rings (SSSR count). The Labute approximate surface area is 121 Å².